The van der Waals surface area contributed by atoms with E-state index in [1.54, 1.807) is 0 Å². The van der Waals surface area contributed by atoms with Gasteiger partial charge in [0.2, 0.25) is 0 Å². The highest BCUT2D eigenvalue weighted by Crippen LogP contribution is 2.22. The van der Waals surface area contributed by atoms with Crippen LogP contribution in [0.2, 0.25) is 0 Å². The molecule has 0 aliphatic rings. The third-order valence-corrected chi connectivity index (χ3v) is 3.01. The van der Waals surface area contributed by atoms with Crippen LogP contribution in [0.15, 0.2) is 24.5 Å². The molecule has 1 rings (SSSR count). The van der Waals surface area contributed by atoms with Gasteiger partial charge < -0.3 is 5.32 Å². The van der Waals surface area contributed by atoms with Crippen LogP contribution in [0.5, 0.6) is 0 Å². The number of hydrogen-bond donors (Lipinski definition) is 1. The molecule has 2 atom stereocenters. The summed E-state index contributed by atoms with van der Waals surface area (Å²) in [6.07, 6.45) is 3.69. The first-order valence-corrected chi connectivity index (χ1v) is 5.57. The maximum Gasteiger partial charge on any atom is 0.0295 e. The third-order valence-electron chi connectivity index (χ3n) is 3.01. The Morgan fingerprint density at radius 3 is 2.13 bits per heavy atom. The summed E-state index contributed by atoms with van der Waals surface area (Å²) >= 11 is 0. The molecule has 2 nitrogen and oxygen atoms in total. The van der Waals surface area contributed by atoms with Gasteiger partial charge in [-0.1, -0.05) is 20.8 Å². The highest BCUT2D eigenvalue weighted by Gasteiger charge is 2.21. The van der Waals surface area contributed by atoms with Crippen molar-refractivity contribution < 1.29 is 0 Å². The Balaban J connectivity index is 2.61. The Labute approximate surface area is 93.1 Å². The molecule has 0 fully saturated rings. The van der Waals surface area contributed by atoms with Crippen molar-refractivity contribution in [1.29, 1.82) is 0 Å². The summed E-state index contributed by atoms with van der Waals surface area (Å²) in [5.74, 6) is 0. The smallest absolute Gasteiger partial charge is 0.0295 e. The molecule has 0 saturated carbocycles. The monoisotopic (exact) mass is 206 g/mol. The van der Waals surface area contributed by atoms with Gasteiger partial charge in [0.05, 0.1) is 0 Å². The van der Waals surface area contributed by atoms with Gasteiger partial charge in [0, 0.05) is 24.5 Å². The molecule has 1 aromatic rings. The van der Waals surface area contributed by atoms with Gasteiger partial charge in [-0.05, 0) is 37.0 Å². The van der Waals surface area contributed by atoms with Crippen LogP contribution in [0.3, 0.4) is 0 Å². The molecule has 1 aromatic heterocycles. The lowest BCUT2D eigenvalue weighted by molar-refractivity contribution is 0.268. The van der Waals surface area contributed by atoms with Crippen LogP contribution < -0.4 is 5.32 Å². The minimum atomic E-state index is 0.293. The van der Waals surface area contributed by atoms with Gasteiger partial charge in [-0.25, -0.2) is 0 Å². The summed E-state index contributed by atoms with van der Waals surface area (Å²) in [5.41, 5.74) is 1.59. The van der Waals surface area contributed by atoms with E-state index in [4.69, 9.17) is 0 Å². The second-order valence-corrected chi connectivity index (χ2v) is 5.26. The van der Waals surface area contributed by atoms with E-state index in [0.717, 1.165) is 0 Å². The zero-order chi connectivity index (χ0) is 11.5. The van der Waals surface area contributed by atoms with Crippen LogP contribution in [-0.2, 0) is 0 Å². The molecule has 2 unspecified atom stereocenters. The number of rotatable bonds is 3. The third kappa shape index (κ3) is 3.63. The molecule has 0 bridgehead atoms. The number of hydrogen-bond acceptors (Lipinski definition) is 2. The molecule has 0 radical (unpaired) electrons. The number of nitrogens with zero attached hydrogens (tertiary/aromatic N) is 1. The molecule has 2 heteroatoms. The van der Waals surface area contributed by atoms with Crippen LogP contribution in [-0.4, -0.2) is 11.0 Å². The van der Waals surface area contributed by atoms with Gasteiger partial charge in [0.15, 0.2) is 0 Å². The van der Waals surface area contributed by atoms with Gasteiger partial charge in [-0.3, -0.25) is 4.98 Å². The Bertz CT molecular complexity index is 287. The molecular formula is C13H22N2. The van der Waals surface area contributed by atoms with Crippen molar-refractivity contribution >= 4 is 0 Å². The van der Waals surface area contributed by atoms with Crippen molar-refractivity contribution in [3.8, 4) is 0 Å². The zero-order valence-electron chi connectivity index (χ0n) is 10.4. The molecule has 0 spiro atoms. The standard InChI is InChI=1S/C13H22N2/c1-10(12-6-8-14-9-7-12)15-11(2)13(3,4)5/h6-11,15H,1-5H3. The molecule has 0 aliphatic carbocycles. The molecule has 0 aromatic carbocycles. The number of aromatic nitrogens is 1. The SMILES string of the molecule is CC(NC(C)C(C)(C)C)c1ccncc1. The van der Waals surface area contributed by atoms with Gasteiger partial charge >= 0.3 is 0 Å². The lowest BCUT2D eigenvalue weighted by Gasteiger charge is -2.31. The van der Waals surface area contributed by atoms with Crippen LogP contribution in [0.25, 0.3) is 0 Å². The summed E-state index contributed by atoms with van der Waals surface area (Å²) in [5, 5.41) is 3.61. The fourth-order valence-electron chi connectivity index (χ4n) is 1.37. The quantitative estimate of drug-likeness (QED) is 0.821. The average molecular weight is 206 g/mol. The van der Waals surface area contributed by atoms with Crippen LogP contribution in [0, 0.1) is 5.41 Å². The largest absolute Gasteiger partial charge is 0.307 e. The second kappa shape index (κ2) is 4.75. The van der Waals surface area contributed by atoms with Gasteiger partial charge in [-0.15, -0.1) is 0 Å². The summed E-state index contributed by atoms with van der Waals surface area (Å²) in [7, 11) is 0. The van der Waals surface area contributed by atoms with Crippen molar-refractivity contribution in [3.63, 3.8) is 0 Å². The first kappa shape index (κ1) is 12.2. The predicted octanol–water partition coefficient (Wildman–Crippen LogP) is 3.17. The van der Waals surface area contributed by atoms with Crippen molar-refractivity contribution in [3.05, 3.63) is 30.1 Å². The van der Waals surface area contributed by atoms with E-state index in [1.807, 2.05) is 12.4 Å². The van der Waals surface area contributed by atoms with E-state index < -0.39 is 0 Å². The minimum absolute atomic E-state index is 0.293. The molecule has 0 aliphatic heterocycles. The van der Waals surface area contributed by atoms with Crippen molar-refractivity contribution in [2.75, 3.05) is 0 Å². The lowest BCUT2D eigenvalue weighted by Crippen LogP contribution is -2.39. The average Bonchev–Trinajstić information content (AvgIpc) is 2.17. The Kier molecular flexibility index (Phi) is 3.86. The maximum absolute atomic E-state index is 4.03. The van der Waals surface area contributed by atoms with Crippen LogP contribution in [0.1, 0.15) is 46.2 Å². The van der Waals surface area contributed by atoms with E-state index in [2.05, 4.69) is 57.1 Å². The van der Waals surface area contributed by atoms with Gasteiger partial charge in [-0.2, -0.15) is 0 Å². The normalized spacial score (nSPS) is 16.1. The Morgan fingerprint density at radius 1 is 1.13 bits per heavy atom. The Hall–Kier alpha value is -0.890. The zero-order valence-corrected chi connectivity index (χ0v) is 10.4. The van der Waals surface area contributed by atoms with Crippen molar-refractivity contribution in [2.24, 2.45) is 5.41 Å². The van der Waals surface area contributed by atoms with E-state index >= 15 is 0 Å². The first-order valence-electron chi connectivity index (χ1n) is 5.57. The van der Waals surface area contributed by atoms with Crippen molar-refractivity contribution in [1.82, 2.24) is 10.3 Å². The van der Waals surface area contributed by atoms with Crippen molar-refractivity contribution in [2.45, 2.75) is 46.7 Å². The van der Waals surface area contributed by atoms with E-state index in [9.17, 15) is 0 Å². The molecule has 84 valence electrons. The molecule has 15 heavy (non-hydrogen) atoms. The second-order valence-electron chi connectivity index (χ2n) is 5.26. The molecule has 0 saturated heterocycles. The van der Waals surface area contributed by atoms with E-state index in [1.165, 1.54) is 5.56 Å². The summed E-state index contributed by atoms with van der Waals surface area (Å²) < 4.78 is 0. The molecule has 1 N–H and O–H groups in total. The summed E-state index contributed by atoms with van der Waals surface area (Å²) in [4.78, 5) is 4.03. The Morgan fingerprint density at radius 2 is 1.67 bits per heavy atom. The summed E-state index contributed by atoms with van der Waals surface area (Å²) in [6.45, 7) is 11.2. The highest BCUT2D eigenvalue weighted by molar-refractivity contribution is 5.14. The molecular weight excluding hydrogens is 184 g/mol. The molecule has 0 amide bonds. The minimum Gasteiger partial charge on any atom is -0.307 e. The number of nitrogens with one attached hydrogen (secondary N) is 1. The first-order chi connectivity index (χ1) is 6.91. The van der Waals surface area contributed by atoms with Gasteiger partial charge in [0.1, 0.15) is 0 Å². The highest BCUT2D eigenvalue weighted by atomic mass is 15.0. The number of pyridine rings is 1. The van der Waals surface area contributed by atoms with Crippen LogP contribution in [0.4, 0.5) is 0 Å². The summed E-state index contributed by atoms with van der Waals surface area (Å²) in [6, 6.07) is 4.99. The fraction of sp³-hybridized carbons (Fsp3) is 0.615. The topological polar surface area (TPSA) is 24.9 Å². The van der Waals surface area contributed by atoms with Crippen LogP contribution >= 0.6 is 0 Å². The maximum atomic E-state index is 4.03. The van der Waals surface area contributed by atoms with E-state index in [-0.39, 0.29) is 0 Å². The molecule has 1 heterocycles. The lowest BCUT2D eigenvalue weighted by atomic mass is 9.87. The predicted molar refractivity (Wildman–Crippen MR) is 64.7 cm³/mol. The fourth-order valence-corrected chi connectivity index (χ4v) is 1.37. The van der Waals surface area contributed by atoms with Gasteiger partial charge in [0.25, 0.3) is 0 Å². The van der Waals surface area contributed by atoms with E-state index in [0.29, 0.717) is 17.5 Å².